The van der Waals surface area contributed by atoms with Crippen LogP contribution in [0.5, 0.6) is 0 Å². The zero-order valence-electron chi connectivity index (χ0n) is 24.2. The van der Waals surface area contributed by atoms with Crippen molar-refractivity contribution in [3.8, 4) is 11.1 Å². The van der Waals surface area contributed by atoms with Crippen molar-refractivity contribution in [2.24, 2.45) is 0 Å². The summed E-state index contributed by atoms with van der Waals surface area (Å²) in [6, 6.07) is 10.7. The molecule has 9 heteroatoms. The number of fused-ring (bicyclic) bond motifs is 1. The van der Waals surface area contributed by atoms with E-state index >= 15 is 0 Å². The minimum absolute atomic E-state index is 0.0334. The molecular formula is C31H39ClFN3O3Si. The van der Waals surface area contributed by atoms with Gasteiger partial charge in [0, 0.05) is 22.3 Å². The zero-order chi connectivity index (χ0) is 28.8. The van der Waals surface area contributed by atoms with Crippen molar-refractivity contribution < 1.29 is 18.3 Å². The van der Waals surface area contributed by atoms with Crippen molar-refractivity contribution in [2.45, 2.75) is 76.8 Å². The number of carbonyl (C=O) groups excluding carboxylic acids is 1. The van der Waals surface area contributed by atoms with Gasteiger partial charge in [-0.05, 0) is 60.3 Å². The maximum atomic E-state index is 14.7. The zero-order valence-corrected chi connectivity index (χ0v) is 26.0. The molecule has 3 aromatic rings. The Bertz CT molecular complexity index is 1380. The fourth-order valence-electron chi connectivity index (χ4n) is 5.37. The van der Waals surface area contributed by atoms with Crippen LogP contribution in [-0.2, 0) is 26.8 Å². The highest BCUT2D eigenvalue weighted by molar-refractivity contribution is 6.74. The highest BCUT2D eigenvalue weighted by Gasteiger charge is 2.41. The first-order valence-corrected chi connectivity index (χ1v) is 17.3. The number of hydrogen-bond donors (Lipinski definition) is 0. The van der Waals surface area contributed by atoms with Gasteiger partial charge in [0.15, 0.2) is 8.32 Å². The molecule has 2 atom stereocenters. The summed E-state index contributed by atoms with van der Waals surface area (Å²) in [6.07, 6.45) is 4.54. The van der Waals surface area contributed by atoms with Crippen molar-refractivity contribution >= 4 is 25.8 Å². The molecule has 0 spiro atoms. The fourth-order valence-corrected chi connectivity index (χ4v) is 6.64. The summed E-state index contributed by atoms with van der Waals surface area (Å²) < 4.78 is 28.7. The number of aromatic nitrogens is 2. The molecule has 5 rings (SSSR count). The van der Waals surface area contributed by atoms with Crippen molar-refractivity contribution in [3.63, 3.8) is 0 Å². The molecular weight excluding hydrogens is 545 g/mol. The van der Waals surface area contributed by atoms with E-state index in [0.717, 1.165) is 16.7 Å². The molecule has 0 saturated carbocycles. The number of benzene rings is 2. The predicted octanol–water partition coefficient (Wildman–Crippen LogP) is 6.99. The summed E-state index contributed by atoms with van der Waals surface area (Å²) in [5.74, 6) is -0.617. The molecule has 2 aromatic carbocycles. The van der Waals surface area contributed by atoms with Crippen LogP contribution in [-0.4, -0.2) is 54.8 Å². The Morgan fingerprint density at radius 3 is 2.58 bits per heavy atom. The lowest BCUT2D eigenvalue weighted by Crippen LogP contribution is -2.52. The molecule has 2 aliphatic rings. The van der Waals surface area contributed by atoms with Gasteiger partial charge in [0.25, 0.3) is 0 Å². The molecule has 1 fully saturated rings. The average Bonchev–Trinajstić information content (AvgIpc) is 3.32. The van der Waals surface area contributed by atoms with Crippen LogP contribution in [0.15, 0.2) is 48.8 Å². The van der Waals surface area contributed by atoms with E-state index in [2.05, 4.69) is 64.2 Å². The number of rotatable bonds is 7. The number of hydrogen-bond acceptors (Lipinski definition) is 4. The maximum Gasteiger partial charge on any atom is 0.228 e. The Balaban J connectivity index is 1.50. The summed E-state index contributed by atoms with van der Waals surface area (Å²) in [4.78, 5) is 15.8. The molecule has 0 bridgehead atoms. The Labute approximate surface area is 242 Å². The van der Waals surface area contributed by atoms with Gasteiger partial charge in [0.1, 0.15) is 5.82 Å². The molecule has 214 valence electrons. The Morgan fingerprint density at radius 2 is 1.93 bits per heavy atom. The standard InChI is InChI=1S/C31H39ClFN3O3Si/c1-20-24-9-7-10-25(21-15-34-35(16-21)23-17-38-18-23)26(24)13-22(19-39-40(5,6)31(2,3)4)36(20)30(37)14-27-28(32)11-8-12-29(27)33/h7-12,15-16,20,22-23H,13-14,17-19H2,1-6H3/t20-,22+/m0/s1. The van der Waals surface area contributed by atoms with Gasteiger partial charge < -0.3 is 14.1 Å². The minimum atomic E-state index is -2.09. The number of amides is 1. The first kappa shape index (κ1) is 29.0. The molecule has 0 aliphatic carbocycles. The molecule has 40 heavy (non-hydrogen) atoms. The molecule has 1 saturated heterocycles. The number of carbonyl (C=O) groups is 1. The Kier molecular flexibility index (Phi) is 8.00. The van der Waals surface area contributed by atoms with Crippen LogP contribution >= 0.6 is 11.6 Å². The molecule has 2 aliphatic heterocycles. The lowest BCUT2D eigenvalue weighted by atomic mass is 9.84. The fraction of sp³-hybridized carbons (Fsp3) is 0.484. The van der Waals surface area contributed by atoms with E-state index in [1.807, 2.05) is 21.8 Å². The monoisotopic (exact) mass is 583 g/mol. The van der Waals surface area contributed by atoms with E-state index in [1.165, 1.54) is 11.6 Å². The lowest BCUT2D eigenvalue weighted by Gasteiger charge is -2.45. The van der Waals surface area contributed by atoms with Gasteiger partial charge in [0.2, 0.25) is 5.91 Å². The van der Waals surface area contributed by atoms with E-state index in [1.54, 1.807) is 12.1 Å². The molecule has 0 N–H and O–H groups in total. The lowest BCUT2D eigenvalue weighted by molar-refractivity contribution is -0.137. The van der Waals surface area contributed by atoms with E-state index in [9.17, 15) is 9.18 Å². The third-order valence-electron chi connectivity index (χ3n) is 8.94. The summed E-state index contributed by atoms with van der Waals surface area (Å²) in [5, 5.41) is 4.91. The van der Waals surface area contributed by atoms with Gasteiger partial charge in [0.05, 0.1) is 50.6 Å². The number of halogens is 2. The third-order valence-corrected chi connectivity index (χ3v) is 13.8. The predicted molar refractivity (Wildman–Crippen MR) is 159 cm³/mol. The van der Waals surface area contributed by atoms with E-state index in [0.29, 0.717) is 26.2 Å². The molecule has 0 unspecified atom stereocenters. The molecule has 1 amide bonds. The van der Waals surface area contributed by atoms with Crippen LogP contribution in [0.2, 0.25) is 23.2 Å². The molecule has 0 radical (unpaired) electrons. The molecule has 3 heterocycles. The first-order valence-electron chi connectivity index (χ1n) is 14.0. The second kappa shape index (κ2) is 11.0. The summed E-state index contributed by atoms with van der Waals surface area (Å²) >= 11 is 6.32. The molecule has 6 nitrogen and oxygen atoms in total. The SMILES string of the molecule is C[C@H]1c2cccc(-c3cnn(C4COC4)c3)c2C[C@H](CO[Si](C)(C)C(C)(C)C)N1C(=O)Cc1c(F)cccc1Cl. The smallest absolute Gasteiger partial charge is 0.228 e. The van der Waals surface area contributed by atoms with Crippen LogP contribution in [0.4, 0.5) is 4.39 Å². The van der Waals surface area contributed by atoms with Gasteiger partial charge in [-0.3, -0.25) is 9.48 Å². The van der Waals surface area contributed by atoms with Gasteiger partial charge in [-0.2, -0.15) is 5.10 Å². The number of nitrogens with zero attached hydrogens (tertiary/aromatic N) is 3. The second-order valence-corrected chi connectivity index (χ2v) is 17.8. The van der Waals surface area contributed by atoms with Crippen molar-refractivity contribution in [2.75, 3.05) is 19.8 Å². The van der Waals surface area contributed by atoms with Gasteiger partial charge in [-0.1, -0.05) is 56.6 Å². The van der Waals surface area contributed by atoms with Crippen molar-refractivity contribution in [1.29, 1.82) is 0 Å². The summed E-state index contributed by atoms with van der Waals surface area (Å²) in [7, 11) is -2.09. The topological polar surface area (TPSA) is 56.6 Å². The Hall–Kier alpha value is -2.52. The van der Waals surface area contributed by atoms with Gasteiger partial charge in [-0.15, -0.1) is 0 Å². The largest absolute Gasteiger partial charge is 0.415 e. The Morgan fingerprint density at radius 1 is 1.20 bits per heavy atom. The van der Waals surface area contributed by atoms with Crippen LogP contribution < -0.4 is 0 Å². The summed E-state index contributed by atoms with van der Waals surface area (Å²) in [5.41, 5.74) is 4.71. The van der Waals surface area contributed by atoms with Crippen molar-refractivity contribution in [3.05, 3.63) is 76.3 Å². The maximum absolute atomic E-state index is 14.7. The average molecular weight is 584 g/mol. The highest BCUT2D eigenvalue weighted by atomic mass is 35.5. The second-order valence-electron chi connectivity index (χ2n) is 12.6. The summed E-state index contributed by atoms with van der Waals surface area (Å²) in [6.45, 7) is 14.9. The normalized spacial score (nSPS) is 19.9. The van der Waals surface area contributed by atoms with E-state index < -0.39 is 14.1 Å². The van der Waals surface area contributed by atoms with Crippen LogP contribution in [0.25, 0.3) is 11.1 Å². The third kappa shape index (κ3) is 5.51. The van der Waals surface area contributed by atoms with Crippen LogP contribution in [0.3, 0.4) is 0 Å². The van der Waals surface area contributed by atoms with E-state index in [4.69, 9.17) is 20.8 Å². The number of ether oxygens (including phenoxy) is 1. The van der Waals surface area contributed by atoms with Gasteiger partial charge in [-0.25, -0.2) is 4.39 Å². The van der Waals surface area contributed by atoms with E-state index in [-0.39, 0.29) is 46.1 Å². The first-order chi connectivity index (χ1) is 18.9. The van der Waals surface area contributed by atoms with Crippen LogP contribution in [0, 0.1) is 5.82 Å². The highest BCUT2D eigenvalue weighted by Crippen LogP contribution is 2.41. The van der Waals surface area contributed by atoms with Gasteiger partial charge >= 0.3 is 0 Å². The molecule has 1 aromatic heterocycles. The quantitative estimate of drug-likeness (QED) is 0.281. The minimum Gasteiger partial charge on any atom is -0.415 e. The van der Waals surface area contributed by atoms with Crippen LogP contribution in [0.1, 0.15) is 56.5 Å². The van der Waals surface area contributed by atoms with Crippen molar-refractivity contribution in [1.82, 2.24) is 14.7 Å².